The molecule has 0 aliphatic heterocycles. The van der Waals surface area contributed by atoms with E-state index < -0.39 is 0 Å². The molecule has 0 bridgehead atoms. The Hall–Kier alpha value is -0.970. The van der Waals surface area contributed by atoms with E-state index in [9.17, 15) is 4.79 Å². The van der Waals surface area contributed by atoms with E-state index in [1.54, 1.807) is 7.11 Å². The Bertz CT molecular complexity index is 472. The van der Waals surface area contributed by atoms with E-state index in [0.29, 0.717) is 125 Å². The molecular weight excluding hydrogens is 506 g/mol. The zero-order chi connectivity index (χ0) is 27.8. The van der Waals surface area contributed by atoms with Crippen molar-refractivity contribution in [2.24, 2.45) is 5.92 Å². The fourth-order valence-electron chi connectivity index (χ4n) is 2.71. The van der Waals surface area contributed by atoms with Gasteiger partial charge in [-0.25, -0.2) is 0 Å². The number of amides is 1. The third kappa shape index (κ3) is 29.6. The first-order chi connectivity index (χ1) is 18.7. The van der Waals surface area contributed by atoms with Crippen LogP contribution >= 0.6 is 0 Å². The Morgan fingerprint density at radius 2 is 0.868 bits per heavy atom. The van der Waals surface area contributed by atoms with Crippen LogP contribution in [0, 0.1) is 5.92 Å². The summed E-state index contributed by atoms with van der Waals surface area (Å²) < 4.78 is 48.0. The molecule has 0 saturated heterocycles. The van der Waals surface area contributed by atoms with Gasteiger partial charge >= 0.3 is 0 Å². The molecule has 13 nitrogen and oxygen atoms in total. The molecule has 0 aliphatic carbocycles. The molecule has 0 unspecified atom stereocenters. The highest BCUT2D eigenvalue weighted by Gasteiger charge is 2.08. The van der Waals surface area contributed by atoms with Gasteiger partial charge in [-0.1, -0.05) is 0 Å². The summed E-state index contributed by atoms with van der Waals surface area (Å²) in [6.45, 7) is 8.66. The minimum Gasteiger partial charge on any atom is -0.396 e. The Labute approximate surface area is 227 Å². The summed E-state index contributed by atoms with van der Waals surface area (Å²) in [5.41, 5.74) is 0. The molecule has 0 aromatic heterocycles. The maximum absolute atomic E-state index is 11.6. The predicted molar refractivity (Wildman–Crippen MR) is 138 cm³/mol. The SMILES string of the molecule is COCCOCCOCCOCCOCCOCCOCCOCCOCCNC(=O)CCC(CO)CO. The van der Waals surface area contributed by atoms with E-state index >= 15 is 0 Å². The van der Waals surface area contributed by atoms with Crippen molar-refractivity contribution in [3.63, 3.8) is 0 Å². The van der Waals surface area contributed by atoms with Crippen molar-refractivity contribution in [1.29, 1.82) is 0 Å². The van der Waals surface area contributed by atoms with Crippen LogP contribution in [0.2, 0.25) is 0 Å². The molecule has 0 aromatic rings. The van der Waals surface area contributed by atoms with Crippen LogP contribution in [0.15, 0.2) is 0 Å². The Kier molecular flexibility index (Phi) is 31.4. The summed E-state index contributed by atoms with van der Waals surface area (Å²) in [6, 6.07) is 0. The highest BCUT2D eigenvalue weighted by molar-refractivity contribution is 5.75. The van der Waals surface area contributed by atoms with Gasteiger partial charge < -0.3 is 58.2 Å². The summed E-state index contributed by atoms with van der Waals surface area (Å²) in [5.74, 6) is -0.369. The average molecular weight is 558 g/mol. The highest BCUT2D eigenvalue weighted by Crippen LogP contribution is 2.04. The quantitative estimate of drug-likeness (QED) is 0.0894. The molecule has 38 heavy (non-hydrogen) atoms. The molecule has 13 heteroatoms. The monoisotopic (exact) mass is 557 g/mol. The molecule has 0 saturated carbocycles. The molecule has 1 amide bonds. The van der Waals surface area contributed by atoms with Crippen LogP contribution in [0.4, 0.5) is 0 Å². The Balaban J connectivity index is 3.12. The second kappa shape index (κ2) is 32.2. The van der Waals surface area contributed by atoms with Crippen molar-refractivity contribution in [2.45, 2.75) is 12.8 Å². The van der Waals surface area contributed by atoms with Crippen LogP contribution in [-0.2, 0) is 47.4 Å². The summed E-state index contributed by atoms with van der Waals surface area (Å²) in [6.07, 6.45) is 0.728. The minimum absolute atomic E-state index is 0.121. The van der Waals surface area contributed by atoms with Crippen molar-refractivity contribution in [2.75, 3.05) is 139 Å². The fourth-order valence-corrected chi connectivity index (χ4v) is 2.71. The Morgan fingerprint density at radius 1 is 0.553 bits per heavy atom. The number of carbonyl (C=O) groups is 1. The molecule has 228 valence electrons. The van der Waals surface area contributed by atoms with Gasteiger partial charge in [0.05, 0.1) is 112 Å². The van der Waals surface area contributed by atoms with Gasteiger partial charge in [-0.3, -0.25) is 4.79 Å². The zero-order valence-corrected chi connectivity index (χ0v) is 23.1. The minimum atomic E-state index is -0.248. The predicted octanol–water partition coefficient (Wildman–Crippen LogP) is -0.737. The van der Waals surface area contributed by atoms with Gasteiger partial charge in [0, 0.05) is 39.2 Å². The topological polar surface area (TPSA) is 153 Å². The zero-order valence-electron chi connectivity index (χ0n) is 23.1. The molecule has 0 aromatic carbocycles. The number of carbonyl (C=O) groups excluding carboxylic acids is 1. The van der Waals surface area contributed by atoms with Crippen molar-refractivity contribution < 1.29 is 57.6 Å². The van der Waals surface area contributed by atoms with Crippen LogP contribution in [0.25, 0.3) is 0 Å². The van der Waals surface area contributed by atoms with Crippen LogP contribution in [0.3, 0.4) is 0 Å². The second-order valence-electron chi connectivity index (χ2n) is 8.01. The molecule has 0 fully saturated rings. The number of methoxy groups -OCH3 is 1. The lowest BCUT2D eigenvalue weighted by Crippen LogP contribution is -2.28. The first-order valence-corrected chi connectivity index (χ1v) is 13.3. The van der Waals surface area contributed by atoms with Crippen molar-refractivity contribution in [1.82, 2.24) is 5.32 Å². The third-order valence-corrected chi connectivity index (χ3v) is 4.90. The number of ether oxygens (including phenoxy) is 9. The molecule has 3 N–H and O–H groups in total. The highest BCUT2D eigenvalue weighted by atomic mass is 16.6. The smallest absolute Gasteiger partial charge is 0.220 e. The second-order valence-corrected chi connectivity index (χ2v) is 8.01. The van der Waals surface area contributed by atoms with E-state index in [4.69, 9.17) is 52.8 Å². The van der Waals surface area contributed by atoms with Gasteiger partial charge in [-0.05, 0) is 6.42 Å². The van der Waals surface area contributed by atoms with Crippen molar-refractivity contribution in [3.8, 4) is 0 Å². The van der Waals surface area contributed by atoms with Gasteiger partial charge in [0.15, 0.2) is 0 Å². The van der Waals surface area contributed by atoms with Crippen LogP contribution < -0.4 is 5.32 Å². The standard InChI is InChI=1S/C25H51NO12/c1-30-6-7-32-10-11-34-14-15-36-18-19-38-21-20-37-17-16-35-13-12-33-9-8-31-5-4-26-25(29)3-2-24(22-27)23-28/h24,27-28H,2-23H2,1H3,(H,26,29). The number of aliphatic hydroxyl groups is 2. The molecule has 0 radical (unpaired) electrons. The molecule has 0 aliphatic rings. The normalized spacial score (nSPS) is 11.5. The van der Waals surface area contributed by atoms with Crippen LogP contribution in [-0.4, -0.2) is 155 Å². The fraction of sp³-hybridized carbons (Fsp3) is 0.960. The van der Waals surface area contributed by atoms with E-state index in [1.165, 1.54) is 0 Å². The maximum atomic E-state index is 11.6. The van der Waals surface area contributed by atoms with Gasteiger partial charge in [-0.2, -0.15) is 0 Å². The van der Waals surface area contributed by atoms with E-state index in [-0.39, 0.29) is 31.5 Å². The summed E-state index contributed by atoms with van der Waals surface area (Å²) in [4.78, 5) is 11.6. The van der Waals surface area contributed by atoms with E-state index in [0.717, 1.165) is 0 Å². The lowest BCUT2D eigenvalue weighted by molar-refractivity contribution is -0.121. The number of hydrogen-bond acceptors (Lipinski definition) is 12. The first kappa shape index (κ1) is 37.0. The third-order valence-electron chi connectivity index (χ3n) is 4.90. The van der Waals surface area contributed by atoms with E-state index in [1.807, 2.05) is 0 Å². The molecule has 0 atom stereocenters. The van der Waals surface area contributed by atoms with Gasteiger partial charge in [0.2, 0.25) is 5.91 Å². The number of hydrogen-bond donors (Lipinski definition) is 3. The molecule has 0 heterocycles. The van der Waals surface area contributed by atoms with Crippen molar-refractivity contribution in [3.05, 3.63) is 0 Å². The number of nitrogens with one attached hydrogen (secondary N) is 1. The number of aliphatic hydroxyl groups excluding tert-OH is 2. The van der Waals surface area contributed by atoms with Crippen LogP contribution in [0.1, 0.15) is 12.8 Å². The average Bonchev–Trinajstić information content (AvgIpc) is 2.93. The lowest BCUT2D eigenvalue weighted by Gasteiger charge is -2.11. The Morgan fingerprint density at radius 3 is 1.18 bits per heavy atom. The first-order valence-electron chi connectivity index (χ1n) is 13.3. The molecular formula is C25H51NO12. The number of rotatable bonds is 32. The summed E-state index contributed by atoms with van der Waals surface area (Å²) >= 11 is 0. The summed E-state index contributed by atoms with van der Waals surface area (Å²) in [5, 5.41) is 20.7. The largest absolute Gasteiger partial charge is 0.396 e. The van der Waals surface area contributed by atoms with Gasteiger partial charge in [0.1, 0.15) is 0 Å². The lowest BCUT2D eigenvalue weighted by atomic mass is 10.1. The maximum Gasteiger partial charge on any atom is 0.220 e. The molecule has 0 spiro atoms. The van der Waals surface area contributed by atoms with Crippen molar-refractivity contribution >= 4 is 5.91 Å². The van der Waals surface area contributed by atoms with Crippen LogP contribution in [0.5, 0.6) is 0 Å². The summed E-state index contributed by atoms with van der Waals surface area (Å²) in [7, 11) is 1.64. The van der Waals surface area contributed by atoms with Gasteiger partial charge in [0.25, 0.3) is 0 Å². The van der Waals surface area contributed by atoms with E-state index in [2.05, 4.69) is 5.32 Å². The van der Waals surface area contributed by atoms with Gasteiger partial charge in [-0.15, -0.1) is 0 Å². The molecule has 0 rings (SSSR count).